The van der Waals surface area contributed by atoms with E-state index in [9.17, 15) is 13.2 Å². The Morgan fingerprint density at radius 3 is 2.35 bits per heavy atom. The molecule has 0 aliphatic carbocycles. The fraction of sp³-hybridized carbons (Fsp3) is 0.182. The smallest absolute Gasteiger partial charge is 0.287 e. The van der Waals surface area contributed by atoms with E-state index < -0.39 is 11.7 Å². The average molecular weight is 241 g/mol. The van der Waals surface area contributed by atoms with Gasteiger partial charge in [0.1, 0.15) is 11.5 Å². The van der Waals surface area contributed by atoms with Gasteiger partial charge in [0.25, 0.3) is 5.92 Å². The van der Waals surface area contributed by atoms with Crippen molar-refractivity contribution in [2.24, 2.45) is 0 Å². The largest absolute Gasteiger partial charge is 0.382 e. The molecule has 0 unspecified atom stereocenters. The first-order valence-electron chi connectivity index (χ1n) is 4.87. The van der Waals surface area contributed by atoms with E-state index in [-0.39, 0.29) is 17.1 Å². The minimum Gasteiger partial charge on any atom is -0.382 e. The van der Waals surface area contributed by atoms with Crippen LogP contribution in [0.2, 0.25) is 0 Å². The van der Waals surface area contributed by atoms with Crippen molar-refractivity contribution in [3.05, 3.63) is 35.8 Å². The third-order valence-electron chi connectivity index (χ3n) is 2.37. The molecule has 0 aliphatic heterocycles. The van der Waals surface area contributed by atoms with Crippen molar-refractivity contribution < 1.29 is 13.2 Å². The molecule has 0 bridgehead atoms. The predicted octanol–water partition coefficient (Wildman–Crippen LogP) is 2.91. The highest BCUT2D eigenvalue weighted by Crippen LogP contribution is 2.37. The number of nitrogen functional groups attached to an aromatic ring is 1. The second-order valence-corrected chi connectivity index (χ2v) is 3.75. The minimum atomic E-state index is -3.09. The van der Waals surface area contributed by atoms with Crippen LogP contribution >= 0.6 is 0 Å². The van der Waals surface area contributed by atoms with Gasteiger partial charge in [0, 0.05) is 6.92 Å². The summed E-state index contributed by atoms with van der Waals surface area (Å²) in [4.78, 5) is 0. The van der Waals surface area contributed by atoms with Gasteiger partial charge in [-0.25, -0.2) is 4.39 Å². The van der Waals surface area contributed by atoms with Gasteiger partial charge in [-0.2, -0.15) is 13.9 Å². The standard InChI is InChI=1S/C11H10F3N3/c1-11(13,14)9-8(10(15)17-16-9)6-2-4-7(12)5-3-6/h2-5H,1H3,(H3,15,16,17). The zero-order chi connectivity index (χ0) is 12.6. The van der Waals surface area contributed by atoms with Gasteiger partial charge in [0.05, 0.1) is 5.56 Å². The molecule has 0 saturated heterocycles. The molecule has 0 aliphatic rings. The van der Waals surface area contributed by atoms with Crippen molar-refractivity contribution in [1.82, 2.24) is 10.2 Å². The van der Waals surface area contributed by atoms with E-state index >= 15 is 0 Å². The lowest BCUT2D eigenvalue weighted by molar-refractivity contribution is 0.0133. The summed E-state index contributed by atoms with van der Waals surface area (Å²) in [7, 11) is 0. The zero-order valence-corrected chi connectivity index (χ0v) is 8.97. The van der Waals surface area contributed by atoms with Crippen molar-refractivity contribution in [2.75, 3.05) is 5.73 Å². The van der Waals surface area contributed by atoms with E-state index in [1.165, 1.54) is 24.3 Å². The van der Waals surface area contributed by atoms with Crippen LogP contribution in [0.3, 0.4) is 0 Å². The monoisotopic (exact) mass is 241 g/mol. The van der Waals surface area contributed by atoms with Gasteiger partial charge in [-0.3, -0.25) is 5.10 Å². The molecule has 2 rings (SSSR count). The van der Waals surface area contributed by atoms with Crippen molar-refractivity contribution in [3.63, 3.8) is 0 Å². The highest BCUT2D eigenvalue weighted by atomic mass is 19.3. The molecule has 1 aromatic heterocycles. The van der Waals surface area contributed by atoms with Gasteiger partial charge < -0.3 is 5.73 Å². The number of anilines is 1. The highest BCUT2D eigenvalue weighted by molar-refractivity contribution is 5.76. The van der Waals surface area contributed by atoms with Crippen LogP contribution in [-0.2, 0) is 5.92 Å². The van der Waals surface area contributed by atoms with Gasteiger partial charge in [0.2, 0.25) is 0 Å². The van der Waals surface area contributed by atoms with E-state index in [4.69, 9.17) is 5.73 Å². The second kappa shape index (κ2) is 3.80. The minimum absolute atomic E-state index is 0.0341. The molecular weight excluding hydrogens is 231 g/mol. The number of halogens is 3. The molecule has 0 radical (unpaired) electrons. The molecule has 3 nitrogen and oxygen atoms in total. The number of nitrogens with two attached hydrogens (primary N) is 1. The lowest BCUT2D eigenvalue weighted by Crippen LogP contribution is -2.09. The Balaban J connectivity index is 2.59. The summed E-state index contributed by atoms with van der Waals surface area (Å²) >= 11 is 0. The van der Waals surface area contributed by atoms with Crippen LogP contribution in [0.1, 0.15) is 12.6 Å². The summed E-state index contributed by atoms with van der Waals surface area (Å²) in [6.45, 7) is 0.743. The maximum Gasteiger partial charge on any atom is 0.287 e. The van der Waals surface area contributed by atoms with Crippen molar-refractivity contribution >= 4 is 5.82 Å². The summed E-state index contributed by atoms with van der Waals surface area (Å²) in [6, 6.07) is 5.12. The lowest BCUT2D eigenvalue weighted by atomic mass is 10.0. The van der Waals surface area contributed by atoms with Crippen molar-refractivity contribution in [1.29, 1.82) is 0 Å². The number of hydrogen-bond acceptors (Lipinski definition) is 2. The Morgan fingerprint density at radius 2 is 1.82 bits per heavy atom. The normalized spacial score (nSPS) is 11.8. The maximum atomic E-state index is 13.3. The summed E-state index contributed by atoms with van der Waals surface area (Å²) < 4.78 is 39.3. The Labute approximate surface area is 95.5 Å². The number of hydrogen-bond donors (Lipinski definition) is 2. The Morgan fingerprint density at radius 1 is 1.24 bits per heavy atom. The first kappa shape index (κ1) is 11.5. The third-order valence-corrected chi connectivity index (χ3v) is 2.37. The van der Waals surface area contributed by atoms with Gasteiger partial charge in [-0.05, 0) is 17.7 Å². The number of nitrogens with zero attached hydrogens (tertiary/aromatic N) is 1. The van der Waals surface area contributed by atoms with E-state index in [0.717, 1.165) is 6.92 Å². The number of H-pyrrole nitrogens is 1. The fourth-order valence-electron chi connectivity index (χ4n) is 1.58. The number of nitrogens with one attached hydrogen (secondary N) is 1. The molecule has 0 amide bonds. The summed E-state index contributed by atoms with van der Waals surface area (Å²) in [5.41, 5.74) is 5.67. The SMILES string of the molecule is CC(F)(F)c1[nH]nc(N)c1-c1ccc(F)cc1. The number of aromatic amines is 1. The Kier molecular flexibility index (Phi) is 2.57. The van der Waals surface area contributed by atoms with Crippen molar-refractivity contribution in [2.45, 2.75) is 12.8 Å². The quantitative estimate of drug-likeness (QED) is 0.849. The number of alkyl halides is 2. The van der Waals surface area contributed by atoms with Crippen LogP contribution in [0.25, 0.3) is 11.1 Å². The molecule has 6 heteroatoms. The molecule has 90 valence electrons. The van der Waals surface area contributed by atoms with Crippen LogP contribution < -0.4 is 5.73 Å². The molecule has 2 aromatic rings. The molecule has 0 spiro atoms. The molecule has 0 atom stereocenters. The van der Waals surface area contributed by atoms with Gasteiger partial charge in [0.15, 0.2) is 5.82 Å². The van der Waals surface area contributed by atoms with Crippen LogP contribution in [0, 0.1) is 5.82 Å². The van der Waals surface area contributed by atoms with Gasteiger partial charge in [-0.1, -0.05) is 12.1 Å². The van der Waals surface area contributed by atoms with Crippen LogP contribution in [-0.4, -0.2) is 10.2 Å². The van der Waals surface area contributed by atoms with Gasteiger partial charge >= 0.3 is 0 Å². The molecule has 1 heterocycles. The molecule has 0 fully saturated rings. The Bertz CT molecular complexity index is 526. The summed E-state index contributed by atoms with van der Waals surface area (Å²) in [5, 5.41) is 5.77. The molecule has 17 heavy (non-hydrogen) atoms. The number of rotatable bonds is 2. The molecule has 1 aromatic carbocycles. The van der Waals surface area contributed by atoms with Crippen LogP contribution in [0.5, 0.6) is 0 Å². The lowest BCUT2D eigenvalue weighted by Gasteiger charge is -2.10. The van der Waals surface area contributed by atoms with Crippen LogP contribution in [0.4, 0.5) is 19.0 Å². The summed E-state index contributed by atoms with van der Waals surface area (Å²) in [5.74, 6) is -3.57. The maximum absolute atomic E-state index is 13.3. The third kappa shape index (κ3) is 2.11. The first-order valence-corrected chi connectivity index (χ1v) is 4.87. The first-order chi connectivity index (χ1) is 7.89. The Hall–Kier alpha value is -1.98. The highest BCUT2D eigenvalue weighted by Gasteiger charge is 2.32. The number of benzene rings is 1. The molecule has 3 N–H and O–H groups in total. The predicted molar refractivity (Wildman–Crippen MR) is 58.0 cm³/mol. The average Bonchev–Trinajstić information content (AvgIpc) is 2.61. The molecule has 0 saturated carbocycles. The zero-order valence-electron chi connectivity index (χ0n) is 8.97. The van der Waals surface area contributed by atoms with Crippen molar-refractivity contribution in [3.8, 4) is 11.1 Å². The van der Waals surface area contributed by atoms with E-state index in [0.29, 0.717) is 5.56 Å². The number of aromatic nitrogens is 2. The summed E-state index contributed by atoms with van der Waals surface area (Å²) in [6.07, 6.45) is 0. The van der Waals surface area contributed by atoms with Crippen LogP contribution in [0.15, 0.2) is 24.3 Å². The topological polar surface area (TPSA) is 54.7 Å². The van der Waals surface area contributed by atoms with Gasteiger partial charge in [-0.15, -0.1) is 0 Å². The fourth-order valence-corrected chi connectivity index (χ4v) is 1.58. The second-order valence-electron chi connectivity index (χ2n) is 3.75. The van der Waals surface area contributed by atoms with E-state index in [1.54, 1.807) is 0 Å². The van der Waals surface area contributed by atoms with E-state index in [2.05, 4.69) is 10.2 Å². The molecular formula is C11H10F3N3. The van der Waals surface area contributed by atoms with E-state index in [1.807, 2.05) is 0 Å².